The zero-order chi connectivity index (χ0) is 10.4. The summed E-state index contributed by atoms with van der Waals surface area (Å²) < 4.78 is 0. The predicted molar refractivity (Wildman–Crippen MR) is 44.9 cm³/mol. The maximum atomic E-state index is 10.9. The Morgan fingerprint density at radius 3 is 2.46 bits per heavy atom. The summed E-state index contributed by atoms with van der Waals surface area (Å²) in [6.07, 6.45) is -0.784. The van der Waals surface area contributed by atoms with E-state index in [2.05, 4.69) is 5.32 Å². The second kappa shape index (κ2) is 5.50. The first kappa shape index (κ1) is 11.9. The molecule has 0 saturated heterocycles. The first-order valence-electron chi connectivity index (χ1n) is 3.86. The molecule has 0 heterocycles. The van der Waals surface area contributed by atoms with Gasteiger partial charge < -0.3 is 21.3 Å². The summed E-state index contributed by atoms with van der Waals surface area (Å²) in [5.41, 5.74) is 5.12. The molecule has 0 rings (SSSR count). The molecule has 6 heteroatoms. The van der Waals surface area contributed by atoms with Crippen LogP contribution in [0.5, 0.6) is 0 Å². The Morgan fingerprint density at radius 2 is 2.08 bits per heavy atom. The average molecular weight is 190 g/mol. The van der Waals surface area contributed by atoms with E-state index in [0.29, 0.717) is 0 Å². The SMILES string of the molecule is CC(O)CC(=O)NCC(N)C(=O)O. The Hall–Kier alpha value is -1.14. The Balaban J connectivity index is 3.64. The molecule has 5 N–H and O–H groups in total. The van der Waals surface area contributed by atoms with E-state index in [4.69, 9.17) is 15.9 Å². The zero-order valence-electron chi connectivity index (χ0n) is 7.36. The molecule has 0 fully saturated rings. The third kappa shape index (κ3) is 6.06. The molecular formula is C7H14N2O4. The number of aliphatic hydroxyl groups excluding tert-OH is 1. The van der Waals surface area contributed by atoms with E-state index in [-0.39, 0.29) is 13.0 Å². The summed E-state index contributed by atoms with van der Waals surface area (Å²) in [5.74, 6) is -1.58. The Labute approximate surface area is 75.7 Å². The molecule has 0 radical (unpaired) electrons. The number of carboxylic acid groups (broad SMARTS) is 1. The van der Waals surface area contributed by atoms with Crippen LogP contribution in [0.15, 0.2) is 0 Å². The third-order valence-corrected chi connectivity index (χ3v) is 1.32. The molecule has 2 atom stereocenters. The number of carboxylic acids is 1. The number of carbonyl (C=O) groups is 2. The minimum Gasteiger partial charge on any atom is -0.480 e. The van der Waals surface area contributed by atoms with Crippen molar-refractivity contribution in [2.45, 2.75) is 25.5 Å². The van der Waals surface area contributed by atoms with Gasteiger partial charge in [0, 0.05) is 6.54 Å². The van der Waals surface area contributed by atoms with Gasteiger partial charge >= 0.3 is 5.97 Å². The van der Waals surface area contributed by atoms with E-state index in [1.165, 1.54) is 6.92 Å². The second-order valence-corrected chi connectivity index (χ2v) is 2.80. The molecule has 0 aromatic heterocycles. The van der Waals surface area contributed by atoms with Crippen molar-refractivity contribution in [1.82, 2.24) is 5.32 Å². The fourth-order valence-corrected chi connectivity index (χ4v) is 0.652. The molecule has 0 aliphatic rings. The van der Waals surface area contributed by atoms with Crippen molar-refractivity contribution >= 4 is 11.9 Å². The number of nitrogens with one attached hydrogen (secondary N) is 1. The van der Waals surface area contributed by atoms with Gasteiger partial charge in [0.15, 0.2) is 0 Å². The van der Waals surface area contributed by atoms with Crippen LogP contribution in [-0.4, -0.2) is 40.8 Å². The number of carbonyl (C=O) groups excluding carboxylic acids is 1. The first-order chi connectivity index (χ1) is 5.93. The highest BCUT2D eigenvalue weighted by molar-refractivity contribution is 5.78. The van der Waals surface area contributed by atoms with Crippen LogP contribution in [0.1, 0.15) is 13.3 Å². The summed E-state index contributed by atoms with van der Waals surface area (Å²) in [5, 5.41) is 19.4. The molecule has 0 bridgehead atoms. The minimum absolute atomic E-state index is 0.0493. The summed E-state index contributed by atoms with van der Waals surface area (Å²) in [7, 11) is 0. The maximum Gasteiger partial charge on any atom is 0.322 e. The first-order valence-corrected chi connectivity index (χ1v) is 3.86. The van der Waals surface area contributed by atoms with E-state index < -0.39 is 24.0 Å². The van der Waals surface area contributed by atoms with E-state index in [1.807, 2.05) is 0 Å². The van der Waals surface area contributed by atoms with Crippen molar-refractivity contribution in [3.8, 4) is 0 Å². The molecule has 13 heavy (non-hydrogen) atoms. The molecule has 0 saturated carbocycles. The fraction of sp³-hybridized carbons (Fsp3) is 0.714. The van der Waals surface area contributed by atoms with Crippen LogP contribution in [0.4, 0.5) is 0 Å². The normalized spacial score (nSPS) is 14.7. The van der Waals surface area contributed by atoms with Crippen molar-refractivity contribution in [1.29, 1.82) is 0 Å². The van der Waals surface area contributed by atoms with E-state index in [1.54, 1.807) is 0 Å². The average Bonchev–Trinajstić information content (AvgIpc) is 1.98. The van der Waals surface area contributed by atoms with Gasteiger partial charge in [-0.3, -0.25) is 9.59 Å². The summed E-state index contributed by atoms with van der Waals surface area (Å²) in [6.45, 7) is 1.34. The van der Waals surface area contributed by atoms with Crippen LogP contribution in [-0.2, 0) is 9.59 Å². The van der Waals surface area contributed by atoms with Gasteiger partial charge in [-0.1, -0.05) is 0 Å². The van der Waals surface area contributed by atoms with E-state index in [9.17, 15) is 9.59 Å². The van der Waals surface area contributed by atoms with Crippen LogP contribution in [0, 0.1) is 0 Å². The Bertz CT molecular complexity index is 193. The molecule has 0 aromatic rings. The number of hydrogen-bond donors (Lipinski definition) is 4. The van der Waals surface area contributed by atoms with Gasteiger partial charge in [-0.05, 0) is 6.92 Å². The zero-order valence-corrected chi connectivity index (χ0v) is 7.36. The number of rotatable bonds is 5. The summed E-state index contributed by atoms with van der Waals surface area (Å²) in [4.78, 5) is 21.1. The van der Waals surface area contributed by atoms with Crippen LogP contribution in [0.2, 0.25) is 0 Å². The Morgan fingerprint density at radius 1 is 1.54 bits per heavy atom. The molecule has 1 amide bonds. The highest BCUT2D eigenvalue weighted by Crippen LogP contribution is 1.88. The lowest BCUT2D eigenvalue weighted by Crippen LogP contribution is -2.42. The maximum absolute atomic E-state index is 10.9. The lowest BCUT2D eigenvalue weighted by molar-refractivity contribution is -0.138. The van der Waals surface area contributed by atoms with Gasteiger partial charge in [0.1, 0.15) is 6.04 Å². The molecule has 76 valence electrons. The highest BCUT2D eigenvalue weighted by Gasteiger charge is 2.13. The largest absolute Gasteiger partial charge is 0.480 e. The molecule has 0 aliphatic heterocycles. The second-order valence-electron chi connectivity index (χ2n) is 2.80. The number of nitrogens with two attached hydrogens (primary N) is 1. The van der Waals surface area contributed by atoms with Gasteiger partial charge in [-0.25, -0.2) is 0 Å². The standard InChI is InChI=1S/C7H14N2O4/c1-4(10)2-6(11)9-3-5(8)7(12)13/h4-5,10H,2-3,8H2,1H3,(H,9,11)(H,12,13). The van der Waals surface area contributed by atoms with Crippen molar-refractivity contribution in [3.05, 3.63) is 0 Å². The molecule has 0 aliphatic carbocycles. The predicted octanol–water partition coefficient (Wildman–Crippen LogP) is -1.71. The monoisotopic (exact) mass is 190 g/mol. The molecule has 6 nitrogen and oxygen atoms in total. The van der Waals surface area contributed by atoms with Gasteiger partial charge in [-0.2, -0.15) is 0 Å². The smallest absolute Gasteiger partial charge is 0.322 e. The van der Waals surface area contributed by atoms with Gasteiger partial charge in [0.05, 0.1) is 12.5 Å². The topological polar surface area (TPSA) is 113 Å². The van der Waals surface area contributed by atoms with E-state index in [0.717, 1.165) is 0 Å². The van der Waals surface area contributed by atoms with Crippen LogP contribution in [0.3, 0.4) is 0 Å². The van der Waals surface area contributed by atoms with Crippen LogP contribution >= 0.6 is 0 Å². The van der Waals surface area contributed by atoms with Gasteiger partial charge in [-0.15, -0.1) is 0 Å². The minimum atomic E-state index is -1.17. The van der Waals surface area contributed by atoms with E-state index >= 15 is 0 Å². The van der Waals surface area contributed by atoms with Crippen molar-refractivity contribution in [2.75, 3.05) is 6.54 Å². The number of hydrogen-bond acceptors (Lipinski definition) is 4. The third-order valence-electron chi connectivity index (χ3n) is 1.32. The lowest BCUT2D eigenvalue weighted by Gasteiger charge is -2.09. The molecule has 2 unspecified atom stereocenters. The fourth-order valence-electron chi connectivity index (χ4n) is 0.652. The number of aliphatic hydroxyl groups is 1. The van der Waals surface area contributed by atoms with Crippen LogP contribution in [0.25, 0.3) is 0 Å². The van der Waals surface area contributed by atoms with Gasteiger partial charge in [0.25, 0.3) is 0 Å². The van der Waals surface area contributed by atoms with Crippen molar-refractivity contribution in [2.24, 2.45) is 5.73 Å². The Kier molecular flexibility index (Phi) is 5.01. The summed E-state index contributed by atoms with van der Waals surface area (Å²) in [6, 6.07) is -1.10. The highest BCUT2D eigenvalue weighted by atomic mass is 16.4. The van der Waals surface area contributed by atoms with Crippen LogP contribution < -0.4 is 11.1 Å². The quantitative estimate of drug-likeness (QED) is 0.412. The lowest BCUT2D eigenvalue weighted by atomic mass is 10.2. The number of amides is 1. The molecular weight excluding hydrogens is 176 g/mol. The van der Waals surface area contributed by atoms with Crippen molar-refractivity contribution < 1.29 is 19.8 Å². The number of aliphatic carboxylic acids is 1. The van der Waals surface area contributed by atoms with Crippen molar-refractivity contribution in [3.63, 3.8) is 0 Å². The molecule has 0 spiro atoms. The summed E-state index contributed by atoms with van der Waals surface area (Å²) >= 11 is 0. The molecule has 0 aromatic carbocycles. The van der Waals surface area contributed by atoms with Gasteiger partial charge in [0.2, 0.25) is 5.91 Å².